The standard InChI is InChI=1S/C11H12ClN3O/c12-10-7-9(3-6-16-13)1-2-11(10)15-5-4-14-8-15/h1-2,4-5,7-8H,3,6,13H2. The molecule has 16 heavy (non-hydrogen) atoms. The van der Waals surface area contributed by atoms with E-state index in [2.05, 4.69) is 9.82 Å². The second-order valence-electron chi connectivity index (χ2n) is 3.38. The normalized spacial score (nSPS) is 10.6. The number of imidazole rings is 1. The van der Waals surface area contributed by atoms with Gasteiger partial charge in [0.25, 0.3) is 0 Å². The van der Waals surface area contributed by atoms with Crippen molar-refractivity contribution in [3.63, 3.8) is 0 Å². The van der Waals surface area contributed by atoms with E-state index in [0.717, 1.165) is 17.7 Å². The van der Waals surface area contributed by atoms with Crippen LogP contribution in [0.15, 0.2) is 36.9 Å². The lowest BCUT2D eigenvalue weighted by Crippen LogP contribution is -2.04. The molecule has 0 fully saturated rings. The second kappa shape index (κ2) is 5.12. The van der Waals surface area contributed by atoms with Gasteiger partial charge in [0, 0.05) is 12.4 Å². The average Bonchev–Trinajstić information content (AvgIpc) is 2.80. The minimum atomic E-state index is 0.487. The molecule has 0 saturated carbocycles. The summed E-state index contributed by atoms with van der Waals surface area (Å²) in [4.78, 5) is 8.51. The van der Waals surface area contributed by atoms with Crippen LogP contribution in [-0.4, -0.2) is 16.2 Å². The van der Waals surface area contributed by atoms with E-state index in [1.807, 2.05) is 29.0 Å². The van der Waals surface area contributed by atoms with Gasteiger partial charge < -0.3 is 9.40 Å². The molecule has 1 aromatic heterocycles. The van der Waals surface area contributed by atoms with Crippen LogP contribution in [0.1, 0.15) is 5.56 Å². The lowest BCUT2D eigenvalue weighted by Gasteiger charge is -2.07. The third-order valence-corrected chi connectivity index (χ3v) is 2.61. The first-order valence-corrected chi connectivity index (χ1v) is 5.27. The number of nitrogens with two attached hydrogens (primary N) is 1. The molecule has 0 spiro atoms. The monoisotopic (exact) mass is 237 g/mol. The second-order valence-corrected chi connectivity index (χ2v) is 3.78. The molecule has 2 rings (SSSR count). The third kappa shape index (κ3) is 2.41. The molecule has 2 N–H and O–H groups in total. The molecule has 0 radical (unpaired) electrons. The van der Waals surface area contributed by atoms with Gasteiger partial charge in [-0.25, -0.2) is 10.9 Å². The zero-order valence-corrected chi connectivity index (χ0v) is 9.39. The summed E-state index contributed by atoms with van der Waals surface area (Å²) in [5.41, 5.74) is 2.01. The smallest absolute Gasteiger partial charge is 0.0992 e. The van der Waals surface area contributed by atoms with Gasteiger partial charge in [-0.15, -0.1) is 0 Å². The Hall–Kier alpha value is -1.36. The van der Waals surface area contributed by atoms with Gasteiger partial charge >= 0.3 is 0 Å². The van der Waals surface area contributed by atoms with E-state index in [4.69, 9.17) is 17.5 Å². The van der Waals surface area contributed by atoms with Crippen molar-refractivity contribution in [2.24, 2.45) is 5.90 Å². The summed E-state index contributed by atoms with van der Waals surface area (Å²) in [6.07, 6.45) is 6.03. The van der Waals surface area contributed by atoms with Gasteiger partial charge in [-0.05, 0) is 24.1 Å². The number of hydrogen-bond acceptors (Lipinski definition) is 3. The molecule has 1 heterocycles. The van der Waals surface area contributed by atoms with E-state index < -0.39 is 0 Å². The molecular formula is C11H12ClN3O. The van der Waals surface area contributed by atoms with Crippen LogP contribution in [0.5, 0.6) is 0 Å². The molecule has 84 valence electrons. The summed E-state index contributed by atoms with van der Waals surface area (Å²) >= 11 is 6.18. The number of hydrogen-bond donors (Lipinski definition) is 1. The van der Waals surface area contributed by atoms with Crippen molar-refractivity contribution >= 4 is 11.6 Å². The molecule has 0 aliphatic rings. The fraction of sp³-hybridized carbons (Fsp3) is 0.182. The molecule has 0 aliphatic heterocycles. The first-order chi connectivity index (χ1) is 7.81. The van der Waals surface area contributed by atoms with Gasteiger partial charge in [0.15, 0.2) is 0 Å². The highest BCUT2D eigenvalue weighted by molar-refractivity contribution is 6.32. The Kier molecular flexibility index (Phi) is 3.56. The van der Waals surface area contributed by atoms with Crippen LogP contribution < -0.4 is 5.90 Å². The molecule has 0 saturated heterocycles. The first kappa shape index (κ1) is 11.1. The fourth-order valence-corrected chi connectivity index (χ4v) is 1.79. The zero-order valence-electron chi connectivity index (χ0n) is 8.64. The van der Waals surface area contributed by atoms with Crippen LogP contribution in [-0.2, 0) is 11.3 Å². The Labute approximate surface area is 98.6 Å². The van der Waals surface area contributed by atoms with Crippen molar-refractivity contribution in [2.75, 3.05) is 6.61 Å². The molecule has 0 atom stereocenters. The number of nitrogens with zero attached hydrogens (tertiary/aromatic N) is 2. The Morgan fingerprint density at radius 1 is 1.44 bits per heavy atom. The van der Waals surface area contributed by atoms with Crippen molar-refractivity contribution in [3.8, 4) is 5.69 Å². The molecule has 4 nitrogen and oxygen atoms in total. The molecule has 5 heteroatoms. The maximum absolute atomic E-state index is 6.18. The summed E-state index contributed by atoms with van der Waals surface area (Å²) in [5.74, 6) is 4.98. The highest BCUT2D eigenvalue weighted by Crippen LogP contribution is 2.21. The maximum atomic E-state index is 6.18. The highest BCUT2D eigenvalue weighted by Gasteiger charge is 2.03. The van der Waals surface area contributed by atoms with Crippen molar-refractivity contribution in [1.29, 1.82) is 0 Å². The molecule has 0 bridgehead atoms. The number of benzene rings is 1. The van der Waals surface area contributed by atoms with Gasteiger partial charge in [0.05, 0.1) is 23.6 Å². The number of rotatable bonds is 4. The molecule has 2 aromatic rings. The van der Waals surface area contributed by atoms with E-state index in [9.17, 15) is 0 Å². The Bertz CT molecular complexity index is 456. The molecule has 1 aromatic carbocycles. The van der Waals surface area contributed by atoms with Gasteiger partial charge in [-0.3, -0.25) is 0 Å². The van der Waals surface area contributed by atoms with Gasteiger partial charge in [0.1, 0.15) is 0 Å². The highest BCUT2D eigenvalue weighted by atomic mass is 35.5. The third-order valence-electron chi connectivity index (χ3n) is 2.30. The fourth-order valence-electron chi connectivity index (χ4n) is 1.49. The van der Waals surface area contributed by atoms with Crippen molar-refractivity contribution in [1.82, 2.24) is 9.55 Å². The summed E-state index contributed by atoms with van der Waals surface area (Å²) in [6.45, 7) is 0.487. The van der Waals surface area contributed by atoms with Crippen molar-refractivity contribution in [2.45, 2.75) is 6.42 Å². The summed E-state index contributed by atoms with van der Waals surface area (Å²) in [7, 11) is 0. The minimum Gasteiger partial charge on any atom is -0.305 e. The van der Waals surface area contributed by atoms with Crippen molar-refractivity contribution in [3.05, 3.63) is 47.5 Å². The number of aromatic nitrogens is 2. The van der Waals surface area contributed by atoms with Gasteiger partial charge in [0.2, 0.25) is 0 Å². The van der Waals surface area contributed by atoms with E-state index >= 15 is 0 Å². The topological polar surface area (TPSA) is 53.1 Å². The molecule has 0 amide bonds. The lowest BCUT2D eigenvalue weighted by atomic mass is 10.1. The van der Waals surface area contributed by atoms with E-state index in [1.54, 1.807) is 12.5 Å². The molecule has 0 unspecified atom stereocenters. The molecular weight excluding hydrogens is 226 g/mol. The van der Waals surface area contributed by atoms with Crippen LogP contribution in [0.2, 0.25) is 5.02 Å². The van der Waals surface area contributed by atoms with Crippen LogP contribution >= 0.6 is 11.6 Å². The summed E-state index contributed by atoms with van der Waals surface area (Å²) < 4.78 is 1.87. The first-order valence-electron chi connectivity index (χ1n) is 4.89. The van der Waals surface area contributed by atoms with E-state index in [0.29, 0.717) is 11.6 Å². The predicted molar refractivity (Wildman–Crippen MR) is 62.4 cm³/mol. The largest absolute Gasteiger partial charge is 0.305 e. The van der Waals surface area contributed by atoms with Gasteiger partial charge in [-0.2, -0.15) is 0 Å². The SMILES string of the molecule is NOCCc1ccc(-n2ccnc2)c(Cl)c1. The van der Waals surface area contributed by atoms with Crippen LogP contribution in [0.25, 0.3) is 5.69 Å². The van der Waals surface area contributed by atoms with Crippen molar-refractivity contribution < 1.29 is 4.84 Å². The predicted octanol–water partition coefficient (Wildman–Crippen LogP) is 1.96. The van der Waals surface area contributed by atoms with Crippen LogP contribution in [0.3, 0.4) is 0 Å². The number of halogens is 1. The average molecular weight is 238 g/mol. The zero-order chi connectivity index (χ0) is 11.4. The van der Waals surface area contributed by atoms with Gasteiger partial charge in [-0.1, -0.05) is 17.7 Å². The quantitative estimate of drug-likeness (QED) is 0.827. The maximum Gasteiger partial charge on any atom is 0.0992 e. The Morgan fingerprint density at radius 3 is 2.94 bits per heavy atom. The van der Waals surface area contributed by atoms with Crippen LogP contribution in [0.4, 0.5) is 0 Å². The lowest BCUT2D eigenvalue weighted by molar-refractivity contribution is 0.141. The van der Waals surface area contributed by atoms with Crippen LogP contribution in [0, 0.1) is 0 Å². The van der Waals surface area contributed by atoms with E-state index in [1.165, 1.54) is 0 Å². The summed E-state index contributed by atoms with van der Waals surface area (Å²) in [5, 5.41) is 0.688. The van der Waals surface area contributed by atoms with E-state index in [-0.39, 0.29) is 0 Å². The Morgan fingerprint density at radius 2 is 2.31 bits per heavy atom. The minimum absolute atomic E-state index is 0.487. The Balaban J connectivity index is 2.23. The summed E-state index contributed by atoms with van der Waals surface area (Å²) in [6, 6.07) is 5.87. The molecule has 0 aliphatic carbocycles.